The van der Waals surface area contributed by atoms with Crippen LogP contribution >= 0.6 is 15.9 Å². The van der Waals surface area contributed by atoms with Gasteiger partial charge < -0.3 is 14.7 Å². The fourth-order valence-corrected chi connectivity index (χ4v) is 1.76. The Morgan fingerprint density at radius 2 is 2.33 bits per heavy atom. The minimum absolute atomic E-state index is 0.103. The molecule has 0 aliphatic carbocycles. The van der Waals surface area contributed by atoms with E-state index in [0.29, 0.717) is 17.6 Å². The molecular weight excluding hydrogens is 306 g/mol. The van der Waals surface area contributed by atoms with Gasteiger partial charge in [0, 0.05) is 36.9 Å². The highest BCUT2D eigenvalue weighted by atomic mass is 79.9. The summed E-state index contributed by atoms with van der Waals surface area (Å²) in [5.41, 5.74) is -0.103. The first-order valence-electron chi connectivity index (χ1n) is 5.24. The van der Waals surface area contributed by atoms with Gasteiger partial charge in [-0.05, 0) is 15.9 Å². The molecule has 0 aliphatic rings. The minimum Gasteiger partial charge on any atom is -0.395 e. The molecule has 7 nitrogen and oxygen atoms in total. The van der Waals surface area contributed by atoms with E-state index in [0.717, 1.165) is 0 Å². The highest BCUT2D eigenvalue weighted by molar-refractivity contribution is 9.10. The molecule has 0 aliphatic heterocycles. The Morgan fingerprint density at radius 3 is 2.89 bits per heavy atom. The first-order valence-corrected chi connectivity index (χ1v) is 6.04. The SMILES string of the molecule is COCCN(CCO)c1ncc(Br)cc1[N+](=O)[O-]. The number of aromatic nitrogens is 1. The van der Waals surface area contributed by atoms with Gasteiger partial charge in [-0.3, -0.25) is 10.1 Å². The average Bonchev–Trinajstić information content (AvgIpc) is 2.34. The van der Waals surface area contributed by atoms with Crippen LogP contribution in [0.5, 0.6) is 0 Å². The zero-order valence-electron chi connectivity index (χ0n) is 9.87. The number of halogens is 1. The molecule has 0 aromatic carbocycles. The first kappa shape index (κ1) is 14.8. The molecule has 1 rings (SSSR count). The van der Waals surface area contributed by atoms with Crippen molar-refractivity contribution in [2.24, 2.45) is 0 Å². The molecule has 0 atom stereocenters. The van der Waals surface area contributed by atoms with Gasteiger partial charge in [0.25, 0.3) is 0 Å². The molecule has 8 heteroatoms. The van der Waals surface area contributed by atoms with Crippen molar-refractivity contribution in [3.05, 3.63) is 26.9 Å². The van der Waals surface area contributed by atoms with Crippen LogP contribution in [0.15, 0.2) is 16.7 Å². The summed E-state index contributed by atoms with van der Waals surface area (Å²) in [6.45, 7) is 0.971. The molecule has 1 heterocycles. The Kier molecular flexibility index (Phi) is 5.96. The van der Waals surface area contributed by atoms with E-state index in [1.165, 1.54) is 12.3 Å². The third-order valence-electron chi connectivity index (χ3n) is 2.25. The van der Waals surface area contributed by atoms with Crippen LogP contribution in [0.4, 0.5) is 11.5 Å². The summed E-state index contributed by atoms with van der Waals surface area (Å²) in [7, 11) is 1.54. The quantitative estimate of drug-likeness (QED) is 0.600. The highest BCUT2D eigenvalue weighted by Gasteiger charge is 2.21. The van der Waals surface area contributed by atoms with Crippen molar-refractivity contribution in [1.29, 1.82) is 0 Å². The van der Waals surface area contributed by atoms with Gasteiger partial charge in [-0.2, -0.15) is 0 Å². The number of nitrogens with zero attached hydrogens (tertiary/aromatic N) is 3. The Balaban J connectivity index is 3.05. The smallest absolute Gasteiger partial charge is 0.312 e. The van der Waals surface area contributed by atoms with Gasteiger partial charge in [-0.1, -0.05) is 0 Å². The number of hydrogen-bond donors (Lipinski definition) is 1. The second-order valence-corrected chi connectivity index (χ2v) is 4.37. The van der Waals surface area contributed by atoms with E-state index in [2.05, 4.69) is 20.9 Å². The molecule has 0 spiro atoms. The summed E-state index contributed by atoms with van der Waals surface area (Å²) >= 11 is 3.15. The fraction of sp³-hybridized carbons (Fsp3) is 0.500. The lowest BCUT2D eigenvalue weighted by atomic mass is 10.3. The van der Waals surface area contributed by atoms with E-state index in [4.69, 9.17) is 9.84 Å². The molecule has 0 amide bonds. The van der Waals surface area contributed by atoms with Crippen molar-refractivity contribution in [1.82, 2.24) is 4.98 Å². The number of ether oxygens (including phenoxy) is 1. The second-order valence-electron chi connectivity index (χ2n) is 3.46. The third-order valence-corrected chi connectivity index (χ3v) is 2.68. The lowest BCUT2D eigenvalue weighted by Gasteiger charge is -2.21. The van der Waals surface area contributed by atoms with Gasteiger partial charge in [-0.25, -0.2) is 4.98 Å². The van der Waals surface area contributed by atoms with Crippen LogP contribution in [0.25, 0.3) is 0 Å². The maximum absolute atomic E-state index is 11.0. The van der Waals surface area contributed by atoms with Gasteiger partial charge >= 0.3 is 5.69 Å². The summed E-state index contributed by atoms with van der Waals surface area (Å²) in [4.78, 5) is 16.1. The van der Waals surface area contributed by atoms with Crippen LogP contribution in [0.3, 0.4) is 0 Å². The predicted octanol–water partition coefficient (Wildman–Crippen LogP) is 1.20. The van der Waals surface area contributed by atoms with Crippen molar-refractivity contribution in [2.75, 3.05) is 38.3 Å². The van der Waals surface area contributed by atoms with Crippen molar-refractivity contribution in [2.45, 2.75) is 0 Å². The Hall–Kier alpha value is -1.25. The molecule has 100 valence electrons. The normalized spacial score (nSPS) is 10.4. The van der Waals surface area contributed by atoms with Crippen LogP contribution in [-0.2, 0) is 4.74 Å². The number of hydrogen-bond acceptors (Lipinski definition) is 6. The highest BCUT2D eigenvalue weighted by Crippen LogP contribution is 2.28. The molecule has 0 saturated heterocycles. The van der Waals surface area contributed by atoms with Gasteiger partial charge in [0.1, 0.15) is 0 Å². The summed E-state index contributed by atoms with van der Waals surface area (Å²) in [6.07, 6.45) is 1.49. The third kappa shape index (κ3) is 3.90. The fourth-order valence-electron chi connectivity index (χ4n) is 1.45. The van der Waals surface area contributed by atoms with Crippen LogP contribution in [0.2, 0.25) is 0 Å². The van der Waals surface area contributed by atoms with Gasteiger partial charge in [0.05, 0.1) is 18.1 Å². The predicted molar refractivity (Wildman–Crippen MR) is 69.8 cm³/mol. The molecule has 1 aromatic rings. The van der Waals surface area contributed by atoms with Crippen LogP contribution in [0.1, 0.15) is 0 Å². The molecule has 1 aromatic heterocycles. The zero-order valence-corrected chi connectivity index (χ0v) is 11.5. The summed E-state index contributed by atoms with van der Waals surface area (Å²) in [5.74, 6) is 0.231. The van der Waals surface area contributed by atoms with Crippen molar-refractivity contribution >= 4 is 27.4 Å². The first-order chi connectivity index (χ1) is 8.60. The topological polar surface area (TPSA) is 88.7 Å². The van der Waals surface area contributed by atoms with Gasteiger partial charge in [-0.15, -0.1) is 0 Å². The molecule has 18 heavy (non-hydrogen) atoms. The number of aliphatic hydroxyl groups excluding tert-OH is 1. The molecule has 0 radical (unpaired) electrons. The second kappa shape index (κ2) is 7.24. The Morgan fingerprint density at radius 1 is 1.61 bits per heavy atom. The van der Waals surface area contributed by atoms with E-state index in [1.807, 2.05) is 0 Å². The summed E-state index contributed by atoms with van der Waals surface area (Å²) in [6, 6.07) is 1.39. The lowest BCUT2D eigenvalue weighted by Crippen LogP contribution is -2.31. The molecular formula is C10H14BrN3O4. The molecule has 0 unspecified atom stereocenters. The Labute approximate surface area is 113 Å². The molecule has 0 bridgehead atoms. The average molecular weight is 320 g/mol. The molecule has 0 fully saturated rings. The lowest BCUT2D eigenvalue weighted by molar-refractivity contribution is -0.384. The van der Waals surface area contributed by atoms with E-state index in [9.17, 15) is 10.1 Å². The maximum Gasteiger partial charge on any atom is 0.312 e. The van der Waals surface area contributed by atoms with Gasteiger partial charge in [0.2, 0.25) is 5.82 Å². The number of rotatable bonds is 7. The largest absolute Gasteiger partial charge is 0.395 e. The van der Waals surface area contributed by atoms with E-state index >= 15 is 0 Å². The van der Waals surface area contributed by atoms with Crippen molar-refractivity contribution in [3.8, 4) is 0 Å². The van der Waals surface area contributed by atoms with Crippen LogP contribution in [0, 0.1) is 10.1 Å². The zero-order chi connectivity index (χ0) is 13.5. The maximum atomic E-state index is 11.0. The molecule has 0 saturated carbocycles. The monoisotopic (exact) mass is 319 g/mol. The number of nitro groups is 1. The number of pyridine rings is 1. The Bertz CT molecular complexity index is 416. The van der Waals surface area contributed by atoms with Crippen molar-refractivity contribution in [3.63, 3.8) is 0 Å². The van der Waals surface area contributed by atoms with Gasteiger partial charge in [0.15, 0.2) is 0 Å². The standard InChI is InChI=1S/C10H14BrN3O4/c1-18-5-3-13(2-4-15)10-9(14(16)17)6-8(11)7-12-10/h6-7,15H,2-5H2,1H3. The minimum atomic E-state index is -0.496. The number of methoxy groups -OCH3 is 1. The summed E-state index contributed by atoms with van der Waals surface area (Å²) in [5, 5.41) is 20.0. The van der Waals surface area contributed by atoms with Crippen LogP contribution in [-0.4, -0.2) is 48.4 Å². The molecule has 1 N–H and O–H groups in total. The van der Waals surface area contributed by atoms with Crippen LogP contribution < -0.4 is 4.90 Å². The summed E-state index contributed by atoms with van der Waals surface area (Å²) < 4.78 is 5.47. The van der Waals surface area contributed by atoms with Crippen molar-refractivity contribution < 1.29 is 14.8 Å². The van der Waals surface area contributed by atoms with E-state index in [-0.39, 0.29) is 24.7 Å². The van der Waals surface area contributed by atoms with E-state index in [1.54, 1.807) is 12.0 Å². The number of anilines is 1. The van der Waals surface area contributed by atoms with E-state index < -0.39 is 4.92 Å². The number of aliphatic hydroxyl groups is 1.